The molecule has 154 valence electrons. The van der Waals surface area contributed by atoms with Crippen LogP contribution in [0.5, 0.6) is 17.2 Å². The number of methoxy groups -OCH3 is 2. The van der Waals surface area contributed by atoms with Gasteiger partial charge < -0.3 is 14.2 Å². The van der Waals surface area contributed by atoms with Crippen LogP contribution in [-0.4, -0.2) is 22.6 Å². The third-order valence-corrected chi connectivity index (χ3v) is 5.93. The van der Waals surface area contributed by atoms with E-state index in [9.17, 15) is 8.42 Å². The zero-order chi connectivity index (χ0) is 21.3. The quantitative estimate of drug-likeness (QED) is 0.673. The van der Waals surface area contributed by atoms with E-state index >= 15 is 0 Å². The fourth-order valence-corrected chi connectivity index (χ4v) is 3.99. The molecule has 2 N–H and O–H groups in total. The van der Waals surface area contributed by atoms with Crippen LogP contribution in [0.1, 0.15) is 16.7 Å². The Morgan fingerprint density at radius 1 is 0.867 bits per heavy atom. The van der Waals surface area contributed by atoms with Gasteiger partial charge in [0.2, 0.25) is 10.0 Å². The van der Waals surface area contributed by atoms with Crippen molar-refractivity contribution in [3.8, 4) is 17.2 Å². The molecule has 0 saturated heterocycles. The second-order valence-corrected chi connectivity index (χ2v) is 8.39. The van der Waals surface area contributed by atoms with Crippen molar-refractivity contribution in [2.24, 2.45) is 5.14 Å². The molecule has 3 aromatic rings. The van der Waals surface area contributed by atoms with E-state index in [1.165, 1.54) is 12.1 Å². The molecule has 1 aliphatic rings. The molecule has 0 radical (unpaired) electrons. The first kappa shape index (κ1) is 20.0. The molecule has 0 atom stereocenters. The molecule has 6 nitrogen and oxygen atoms in total. The number of fused-ring (bicyclic) bond motifs is 1. The van der Waals surface area contributed by atoms with Crippen molar-refractivity contribution in [2.45, 2.75) is 11.3 Å². The molecule has 0 unspecified atom stereocenters. The van der Waals surface area contributed by atoms with E-state index in [0.717, 1.165) is 28.0 Å². The van der Waals surface area contributed by atoms with Gasteiger partial charge in [-0.1, -0.05) is 24.3 Å². The van der Waals surface area contributed by atoms with Gasteiger partial charge in [0.05, 0.1) is 19.1 Å². The van der Waals surface area contributed by atoms with Crippen LogP contribution in [0.2, 0.25) is 0 Å². The molecular weight excluding hydrogens is 402 g/mol. The predicted octanol–water partition coefficient (Wildman–Crippen LogP) is 3.85. The van der Waals surface area contributed by atoms with Crippen LogP contribution in [-0.2, 0) is 16.4 Å². The molecule has 7 heteroatoms. The molecule has 30 heavy (non-hydrogen) atoms. The summed E-state index contributed by atoms with van der Waals surface area (Å²) in [5, 5.41) is 5.23. The molecule has 0 bridgehead atoms. The van der Waals surface area contributed by atoms with Crippen molar-refractivity contribution in [3.05, 3.63) is 83.4 Å². The maximum Gasteiger partial charge on any atom is 0.238 e. The number of rotatable bonds is 5. The summed E-state index contributed by atoms with van der Waals surface area (Å²) in [5.74, 6) is 2.68. The average molecular weight is 423 g/mol. The van der Waals surface area contributed by atoms with Gasteiger partial charge in [-0.25, -0.2) is 13.6 Å². The van der Waals surface area contributed by atoms with E-state index in [0.29, 0.717) is 23.7 Å². The molecule has 3 aromatic carbocycles. The van der Waals surface area contributed by atoms with E-state index in [-0.39, 0.29) is 4.90 Å². The van der Waals surface area contributed by atoms with Gasteiger partial charge in [-0.2, -0.15) is 0 Å². The third kappa shape index (κ3) is 3.77. The second-order valence-electron chi connectivity index (χ2n) is 6.83. The van der Waals surface area contributed by atoms with Crippen LogP contribution in [0, 0.1) is 0 Å². The largest absolute Gasteiger partial charge is 0.493 e. The Kier molecular flexibility index (Phi) is 5.24. The third-order valence-electron chi connectivity index (χ3n) is 5.00. The number of ether oxygens (including phenoxy) is 3. The van der Waals surface area contributed by atoms with E-state index in [4.69, 9.17) is 19.3 Å². The van der Waals surface area contributed by atoms with Crippen LogP contribution in [0.15, 0.2) is 71.6 Å². The van der Waals surface area contributed by atoms with Gasteiger partial charge >= 0.3 is 0 Å². The highest BCUT2D eigenvalue weighted by Crippen LogP contribution is 2.41. The molecule has 0 spiro atoms. The highest BCUT2D eigenvalue weighted by atomic mass is 32.2. The van der Waals surface area contributed by atoms with E-state index in [1.807, 2.05) is 42.5 Å². The number of hydrogen-bond donors (Lipinski definition) is 1. The summed E-state index contributed by atoms with van der Waals surface area (Å²) in [7, 11) is -0.583. The monoisotopic (exact) mass is 423 g/mol. The Hall–Kier alpha value is -3.29. The van der Waals surface area contributed by atoms with Gasteiger partial charge in [-0.05, 0) is 53.6 Å². The minimum absolute atomic E-state index is 0.0516. The number of para-hydroxylation sites is 1. The van der Waals surface area contributed by atoms with Crippen LogP contribution in [0.3, 0.4) is 0 Å². The topological polar surface area (TPSA) is 87.9 Å². The van der Waals surface area contributed by atoms with Crippen LogP contribution in [0.4, 0.5) is 0 Å². The van der Waals surface area contributed by atoms with Gasteiger partial charge in [-0.15, -0.1) is 0 Å². The number of allylic oxidation sites excluding steroid dienone is 1. The summed E-state index contributed by atoms with van der Waals surface area (Å²) < 4.78 is 40.3. The molecule has 0 saturated carbocycles. The summed E-state index contributed by atoms with van der Waals surface area (Å²) in [6.07, 6.45) is 0.651. The number of primary sulfonamides is 1. The summed E-state index contributed by atoms with van der Waals surface area (Å²) in [4.78, 5) is 0.0516. The van der Waals surface area contributed by atoms with Gasteiger partial charge in [0.15, 0.2) is 11.5 Å². The molecule has 4 rings (SSSR count). The summed E-state index contributed by atoms with van der Waals surface area (Å²) in [6, 6.07) is 19.9. The van der Waals surface area contributed by atoms with E-state index < -0.39 is 10.0 Å². The van der Waals surface area contributed by atoms with Gasteiger partial charge in [0.25, 0.3) is 0 Å². The highest BCUT2D eigenvalue weighted by Gasteiger charge is 2.23. The fraction of sp³-hybridized carbons (Fsp3) is 0.130. The SMILES string of the molecule is COc1ccc(C2=C(c3ccc(S(N)(=O)=O)cc3)Oc3ccccc3C2)cc1OC. The van der Waals surface area contributed by atoms with Gasteiger partial charge in [0.1, 0.15) is 11.5 Å². The summed E-state index contributed by atoms with van der Waals surface area (Å²) in [6.45, 7) is 0. The fourth-order valence-electron chi connectivity index (χ4n) is 3.48. The smallest absolute Gasteiger partial charge is 0.238 e. The van der Waals surface area contributed by atoms with Crippen molar-refractivity contribution in [2.75, 3.05) is 14.2 Å². The minimum Gasteiger partial charge on any atom is -0.493 e. The molecule has 0 amide bonds. The van der Waals surface area contributed by atoms with Crippen molar-refractivity contribution in [3.63, 3.8) is 0 Å². The molecule has 0 fully saturated rings. The maximum absolute atomic E-state index is 11.6. The minimum atomic E-state index is -3.77. The molecule has 1 aliphatic heterocycles. The van der Waals surface area contributed by atoms with Crippen molar-refractivity contribution < 1.29 is 22.6 Å². The Balaban J connectivity index is 1.87. The first-order chi connectivity index (χ1) is 14.4. The van der Waals surface area contributed by atoms with Crippen LogP contribution in [0.25, 0.3) is 11.3 Å². The Morgan fingerprint density at radius 3 is 2.20 bits per heavy atom. The predicted molar refractivity (Wildman–Crippen MR) is 115 cm³/mol. The highest BCUT2D eigenvalue weighted by molar-refractivity contribution is 7.89. The maximum atomic E-state index is 11.6. The number of benzene rings is 3. The van der Waals surface area contributed by atoms with Crippen molar-refractivity contribution in [1.29, 1.82) is 0 Å². The molecule has 0 aromatic heterocycles. The normalized spacial score (nSPS) is 13.4. The zero-order valence-corrected chi connectivity index (χ0v) is 17.4. The van der Waals surface area contributed by atoms with Crippen molar-refractivity contribution >= 4 is 21.4 Å². The van der Waals surface area contributed by atoms with Gasteiger partial charge in [-0.3, -0.25) is 0 Å². The Labute approximate surface area is 175 Å². The van der Waals surface area contributed by atoms with E-state index in [1.54, 1.807) is 26.4 Å². The van der Waals surface area contributed by atoms with Crippen LogP contribution < -0.4 is 19.3 Å². The molecular formula is C23H21NO5S. The lowest BCUT2D eigenvalue weighted by molar-refractivity contribution is 0.355. The lowest BCUT2D eigenvalue weighted by atomic mass is 9.92. The zero-order valence-electron chi connectivity index (χ0n) is 16.6. The molecule has 0 aliphatic carbocycles. The standard InChI is InChI=1S/C23H21NO5S/c1-27-21-12-9-16(14-22(21)28-2)19-13-17-5-3-4-6-20(17)29-23(19)15-7-10-18(11-8-15)30(24,25)26/h3-12,14H,13H2,1-2H3,(H2,24,25,26). The number of sulfonamides is 1. The van der Waals surface area contributed by atoms with E-state index in [2.05, 4.69) is 0 Å². The van der Waals surface area contributed by atoms with Crippen molar-refractivity contribution in [1.82, 2.24) is 0 Å². The second kappa shape index (κ2) is 7.85. The average Bonchev–Trinajstić information content (AvgIpc) is 2.77. The first-order valence-corrected chi connectivity index (χ1v) is 10.8. The van der Waals surface area contributed by atoms with Gasteiger partial charge in [0, 0.05) is 17.6 Å². The lowest BCUT2D eigenvalue weighted by Crippen LogP contribution is -2.13. The molecule has 1 heterocycles. The summed E-state index contributed by atoms with van der Waals surface area (Å²) >= 11 is 0. The number of hydrogen-bond acceptors (Lipinski definition) is 5. The first-order valence-electron chi connectivity index (χ1n) is 9.25. The Morgan fingerprint density at radius 2 is 1.53 bits per heavy atom. The number of nitrogens with two attached hydrogens (primary N) is 1. The lowest BCUT2D eigenvalue weighted by Gasteiger charge is -2.24. The van der Waals surface area contributed by atoms with Crippen LogP contribution >= 0.6 is 0 Å². The Bertz CT molecular complexity index is 1230. The summed E-state index contributed by atoms with van der Waals surface area (Å²) in [5.41, 5.74) is 3.69.